The Balaban J connectivity index is 2.04. The van der Waals surface area contributed by atoms with Crippen LogP contribution in [-0.4, -0.2) is 30.2 Å². The minimum Gasteiger partial charge on any atom is -0.495 e. The van der Waals surface area contributed by atoms with Gasteiger partial charge in [0.2, 0.25) is 0 Å². The second-order valence-electron chi connectivity index (χ2n) is 5.48. The van der Waals surface area contributed by atoms with Gasteiger partial charge in [0.15, 0.2) is 5.11 Å². The molecule has 0 radical (unpaired) electrons. The van der Waals surface area contributed by atoms with E-state index >= 15 is 0 Å². The number of rotatable bonds is 2. The van der Waals surface area contributed by atoms with E-state index in [1.54, 1.807) is 7.11 Å². The number of anilines is 1. The van der Waals surface area contributed by atoms with E-state index in [9.17, 15) is 0 Å². The number of piperidine rings is 1. The summed E-state index contributed by atoms with van der Waals surface area (Å²) in [5, 5.41) is 4.10. The highest BCUT2D eigenvalue weighted by Crippen LogP contribution is 2.25. The van der Waals surface area contributed by atoms with Gasteiger partial charge in [0.25, 0.3) is 0 Å². The molecular weight excluding hydrogens is 256 g/mol. The number of ether oxygens (including phenoxy) is 1. The van der Waals surface area contributed by atoms with E-state index in [0.29, 0.717) is 11.8 Å². The van der Waals surface area contributed by atoms with E-state index in [1.807, 2.05) is 24.3 Å². The third-order valence-corrected chi connectivity index (χ3v) is 3.86. The van der Waals surface area contributed by atoms with Crippen LogP contribution in [0.3, 0.4) is 0 Å². The van der Waals surface area contributed by atoms with Crippen molar-refractivity contribution in [3.8, 4) is 5.75 Å². The van der Waals surface area contributed by atoms with Gasteiger partial charge in [-0.25, -0.2) is 0 Å². The average Bonchev–Trinajstić information content (AvgIpc) is 2.38. The lowest BCUT2D eigenvalue weighted by Gasteiger charge is -2.36. The standard InChI is InChI=1S/C15H22N2OS/c1-11-8-12(2)10-17(9-11)15(19)16-13-6-4-5-7-14(13)18-3/h4-7,11-12H,8-10H2,1-3H3,(H,16,19). The summed E-state index contributed by atoms with van der Waals surface area (Å²) in [6.07, 6.45) is 1.29. The minimum atomic E-state index is 0.696. The third kappa shape index (κ3) is 3.60. The van der Waals surface area contributed by atoms with Gasteiger partial charge in [-0.1, -0.05) is 26.0 Å². The van der Waals surface area contributed by atoms with Gasteiger partial charge < -0.3 is 15.0 Å². The normalized spacial score (nSPS) is 23.0. The zero-order chi connectivity index (χ0) is 13.8. The van der Waals surface area contributed by atoms with Gasteiger partial charge in [-0.05, 0) is 42.6 Å². The maximum absolute atomic E-state index is 5.53. The third-order valence-electron chi connectivity index (χ3n) is 3.50. The summed E-state index contributed by atoms with van der Waals surface area (Å²) in [6, 6.07) is 7.86. The Morgan fingerprint density at radius 1 is 1.26 bits per heavy atom. The molecular formula is C15H22N2OS. The Labute approximate surface area is 120 Å². The van der Waals surface area contributed by atoms with Crippen LogP contribution >= 0.6 is 12.2 Å². The predicted octanol–water partition coefficient (Wildman–Crippen LogP) is 3.37. The van der Waals surface area contributed by atoms with Crippen molar-refractivity contribution >= 4 is 23.0 Å². The SMILES string of the molecule is COc1ccccc1NC(=S)N1CC(C)CC(C)C1. The van der Waals surface area contributed by atoms with Crippen LogP contribution in [0.1, 0.15) is 20.3 Å². The van der Waals surface area contributed by atoms with Crippen LogP contribution in [0.4, 0.5) is 5.69 Å². The summed E-state index contributed by atoms with van der Waals surface area (Å²) in [4.78, 5) is 2.26. The lowest BCUT2D eigenvalue weighted by Crippen LogP contribution is -2.44. The van der Waals surface area contributed by atoms with Crippen LogP contribution in [0.2, 0.25) is 0 Å². The van der Waals surface area contributed by atoms with Crippen LogP contribution in [0.25, 0.3) is 0 Å². The summed E-state index contributed by atoms with van der Waals surface area (Å²) in [5.41, 5.74) is 0.931. The number of thiocarbonyl (C=S) groups is 1. The van der Waals surface area contributed by atoms with Crippen LogP contribution in [0.15, 0.2) is 24.3 Å². The van der Waals surface area contributed by atoms with Gasteiger partial charge >= 0.3 is 0 Å². The van der Waals surface area contributed by atoms with E-state index < -0.39 is 0 Å². The van der Waals surface area contributed by atoms with Crippen molar-refractivity contribution < 1.29 is 4.74 Å². The second-order valence-corrected chi connectivity index (χ2v) is 5.87. The van der Waals surface area contributed by atoms with Crippen molar-refractivity contribution in [1.82, 2.24) is 4.90 Å². The molecule has 3 nitrogen and oxygen atoms in total. The first-order valence-corrected chi connectivity index (χ1v) is 7.20. The average molecular weight is 278 g/mol. The molecule has 1 saturated heterocycles. The predicted molar refractivity (Wildman–Crippen MR) is 83.7 cm³/mol. The molecule has 4 heteroatoms. The molecule has 2 rings (SSSR count). The van der Waals surface area contributed by atoms with Crippen molar-refractivity contribution in [1.29, 1.82) is 0 Å². The topological polar surface area (TPSA) is 24.5 Å². The monoisotopic (exact) mass is 278 g/mol. The summed E-state index contributed by atoms with van der Waals surface area (Å²) in [6.45, 7) is 6.64. The molecule has 1 aliphatic rings. The Bertz CT molecular complexity index is 440. The minimum absolute atomic E-state index is 0.696. The molecule has 0 bridgehead atoms. The highest BCUT2D eigenvalue weighted by Gasteiger charge is 2.23. The van der Waals surface area contributed by atoms with Crippen molar-refractivity contribution in [3.63, 3.8) is 0 Å². The summed E-state index contributed by atoms with van der Waals surface area (Å²) in [5.74, 6) is 2.21. The molecule has 104 valence electrons. The zero-order valence-electron chi connectivity index (χ0n) is 11.8. The molecule has 19 heavy (non-hydrogen) atoms. The number of methoxy groups -OCH3 is 1. The molecule has 1 aromatic rings. The molecule has 1 aromatic carbocycles. The fourth-order valence-corrected chi connectivity index (χ4v) is 3.03. The van der Waals surface area contributed by atoms with Gasteiger partial charge in [-0.15, -0.1) is 0 Å². The molecule has 2 atom stereocenters. The van der Waals surface area contributed by atoms with Gasteiger partial charge in [0, 0.05) is 13.1 Å². The summed E-state index contributed by atoms with van der Waals surface area (Å²) >= 11 is 5.53. The Morgan fingerprint density at radius 2 is 1.89 bits per heavy atom. The number of likely N-dealkylation sites (tertiary alicyclic amines) is 1. The molecule has 1 N–H and O–H groups in total. The van der Waals surface area contributed by atoms with E-state index in [2.05, 4.69) is 24.1 Å². The number of benzene rings is 1. The maximum atomic E-state index is 5.53. The Morgan fingerprint density at radius 3 is 2.53 bits per heavy atom. The van der Waals surface area contributed by atoms with Crippen LogP contribution in [-0.2, 0) is 0 Å². The van der Waals surface area contributed by atoms with Gasteiger partial charge in [-0.2, -0.15) is 0 Å². The second kappa shape index (κ2) is 6.24. The molecule has 2 unspecified atom stereocenters. The van der Waals surface area contributed by atoms with E-state index in [4.69, 9.17) is 17.0 Å². The number of hydrogen-bond donors (Lipinski definition) is 1. The first-order valence-electron chi connectivity index (χ1n) is 6.79. The van der Waals surface area contributed by atoms with E-state index in [1.165, 1.54) is 6.42 Å². The van der Waals surface area contributed by atoms with Gasteiger partial charge in [0.1, 0.15) is 5.75 Å². The lowest BCUT2D eigenvalue weighted by atomic mass is 9.92. The van der Waals surface area contributed by atoms with Gasteiger partial charge in [-0.3, -0.25) is 0 Å². The number of para-hydroxylation sites is 2. The molecule has 0 amide bonds. The smallest absolute Gasteiger partial charge is 0.173 e. The first-order chi connectivity index (χ1) is 9.10. The van der Waals surface area contributed by atoms with Gasteiger partial charge in [0.05, 0.1) is 12.8 Å². The van der Waals surface area contributed by atoms with Crippen molar-refractivity contribution in [2.45, 2.75) is 20.3 Å². The Hall–Kier alpha value is -1.29. The molecule has 0 saturated carbocycles. The summed E-state index contributed by atoms with van der Waals surface area (Å²) < 4.78 is 5.34. The van der Waals surface area contributed by atoms with Crippen LogP contribution < -0.4 is 10.1 Å². The maximum Gasteiger partial charge on any atom is 0.173 e. The van der Waals surface area contributed by atoms with E-state index in [-0.39, 0.29) is 0 Å². The first kappa shape index (κ1) is 14.1. The fraction of sp³-hybridized carbons (Fsp3) is 0.533. The van der Waals surface area contributed by atoms with Crippen molar-refractivity contribution in [2.75, 3.05) is 25.5 Å². The molecule has 1 heterocycles. The molecule has 0 spiro atoms. The molecule has 0 aromatic heterocycles. The number of nitrogens with zero attached hydrogens (tertiary/aromatic N) is 1. The molecule has 0 aliphatic carbocycles. The zero-order valence-corrected chi connectivity index (χ0v) is 12.7. The number of nitrogens with one attached hydrogen (secondary N) is 1. The van der Waals surface area contributed by atoms with Crippen molar-refractivity contribution in [3.05, 3.63) is 24.3 Å². The van der Waals surface area contributed by atoms with Crippen LogP contribution in [0.5, 0.6) is 5.75 Å². The molecule has 1 fully saturated rings. The largest absolute Gasteiger partial charge is 0.495 e. The highest BCUT2D eigenvalue weighted by atomic mass is 32.1. The van der Waals surface area contributed by atoms with Crippen molar-refractivity contribution in [2.24, 2.45) is 11.8 Å². The summed E-state index contributed by atoms with van der Waals surface area (Å²) in [7, 11) is 1.68. The quantitative estimate of drug-likeness (QED) is 0.838. The fourth-order valence-electron chi connectivity index (χ4n) is 2.77. The van der Waals surface area contributed by atoms with E-state index in [0.717, 1.165) is 29.6 Å². The lowest BCUT2D eigenvalue weighted by molar-refractivity contribution is 0.216. The highest BCUT2D eigenvalue weighted by molar-refractivity contribution is 7.80. The van der Waals surface area contributed by atoms with Crippen LogP contribution in [0, 0.1) is 11.8 Å². The Kier molecular flexibility index (Phi) is 4.64. The number of hydrogen-bond acceptors (Lipinski definition) is 2. The molecule has 1 aliphatic heterocycles.